The van der Waals surface area contributed by atoms with Gasteiger partial charge in [-0.1, -0.05) is 13.8 Å². The largest absolute Gasteiger partial charge is 0.301 e. The monoisotopic (exact) mass is 265 g/mol. The molecule has 0 radical (unpaired) electrons. The van der Waals surface area contributed by atoms with Crippen molar-refractivity contribution in [1.29, 1.82) is 0 Å². The lowest BCUT2D eigenvalue weighted by atomic mass is 10.0. The van der Waals surface area contributed by atoms with Crippen LogP contribution in [-0.4, -0.2) is 23.2 Å². The van der Waals surface area contributed by atoms with Crippen LogP contribution in [0, 0.1) is 0 Å². The van der Waals surface area contributed by atoms with Gasteiger partial charge in [-0.05, 0) is 19.8 Å². The van der Waals surface area contributed by atoms with Gasteiger partial charge >= 0.3 is 0 Å². The van der Waals surface area contributed by atoms with Crippen LogP contribution in [0.4, 0.5) is 0 Å². The Morgan fingerprint density at radius 3 is 2.19 bits per heavy atom. The molecule has 0 N–H and O–H groups in total. The first-order chi connectivity index (χ1) is 7.45. The molecule has 0 amide bonds. The van der Waals surface area contributed by atoms with Gasteiger partial charge in [-0.3, -0.25) is 0 Å². The predicted octanol–water partition coefficient (Wildman–Crippen LogP) is 2.13. The van der Waals surface area contributed by atoms with Crippen LogP contribution in [0.1, 0.15) is 45.4 Å². The van der Waals surface area contributed by atoms with Crippen molar-refractivity contribution in [2.24, 2.45) is 0 Å². The molecule has 0 bridgehead atoms. The van der Waals surface area contributed by atoms with E-state index in [4.69, 9.17) is 10.7 Å². The van der Waals surface area contributed by atoms with Crippen molar-refractivity contribution in [3.05, 3.63) is 5.82 Å². The van der Waals surface area contributed by atoms with Gasteiger partial charge in [-0.2, -0.15) is 0 Å². The fourth-order valence-corrected chi connectivity index (χ4v) is 2.70. The van der Waals surface area contributed by atoms with Gasteiger partial charge in [0.25, 0.3) is 14.2 Å². The molecule has 1 rings (SSSR count). The summed E-state index contributed by atoms with van der Waals surface area (Å²) in [5.41, 5.74) is 0. The third-order valence-corrected chi connectivity index (χ3v) is 3.78. The highest BCUT2D eigenvalue weighted by Crippen LogP contribution is 2.24. The van der Waals surface area contributed by atoms with E-state index in [1.54, 1.807) is 4.57 Å². The summed E-state index contributed by atoms with van der Waals surface area (Å²) >= 11 is 0. The summed E-state index contributed by atoms with van der Waals surface area (Å²) in [5, 5.41) is 7.46. The van der Waals surface area contributed by atoms with Gasteiger partial charge < -0.3 is 4.57 Å². The van der Waals surface area contributed by atoms with Crippen LogP contribution >= 0.6 is 10.7 Å². The fourth-order valence-electron chi connectivity index (χ4n) is 1.73. The third kappa shape index (κ3) is 2.55. The van der Waals surface area contributed by atoms with Gasteiger partial charge in [0.05, 0.1) is 0 Å². The van der Waals surface area contributed by atoms with E-state index in [9.17, 15) is 8.42 Å². The molecule has 1 aromatic heterocycles. The first kappa shape index (κ1) is 13.4. The second kappa shape index (κ2) is 5.14. The molecule has 92 valence electrons. The zero-order valence-corrected chi connectivity index (χ0v) is 11.2. The summed E-state index contributed by atoms with van der Waals surface area (Å²) in [5.74, 6) is 0.923. The topological polar surface area (TPSA) is 64.8 Å². The molecular weight excluding hydrogens is 250 g/mol. The molecule has 0 aliphatic heterocycles. The van der Waals surface area contributed by atoms with Crippen LogP contribution in [0.5, 0.6) is 0 Å². The van der Waals surface area contributed by atoms with E-state index >= 15 is 0 Å². The lowest BCUT2D eigenvalue weighted by Gasteiger charge is -2.12. The highest BCUT2D eigenvalue weighted by atomic mass is 35.7. The normalized spacial score (nSPS) is 12.3. The molecule has 0 saturated heterocycles. The van der Waals surface area contributed by atoms with Gasteiger partial charge in [0.2, 0.25) is 0 Å². The third-order valence-electron chi connectivity index (χ3n) is 2.63. The van der Waals surface area contributed by atoms with E-state index in [2.05, 4.69) is 10.2 Å². The molecule has 0 fully saturated rings. The van der Waals surface area contributed by atoms with Gasteiger partial charge in [0.15, 0.2) is 0 Å². The molecule has 1 heterocycles. The smallest absolute Gasteiger partial charge is 0.296 e. The average molecular weight is 266 g/mol. The van der Waals surface area contributed by atoms with Crippen molar-refractivity contribution < 1.29 is 8.42 Å². The molecule has 7 heteroatoms. The number of hydrogen-bond acceptors (Lipinski definition) is 4. The maximum absolute atomic E-state index is 11.3. The van der Waals surface area contributed by atoms with Gasteiger partial charge in [0, 0.05) is 23.1 Å². The first-order valence-corrected chi connectivity index (χ1v) is 7.64. The molecule has 1 aromatic rings. The Balaban J connectivity index is 3.29. The number of rotatable bonds is 5. The van der Waals surface area contributed by atoms with Crippen molar-refractivity contribution >= 4 is 19.7 Å². The summed E-state index contributed by atoms with van der Waals surface area (Å²) in [6.07, 6.45) is 1.80. The van der Waals surface area contributed by atoms with Crippen LogP contribution in [-0.2, 0) is 15.6 Å². The van der Waals surface area contributed by atoms with Crippen LogP contribution in [0.25, 0.3) is 0 Å². The Morgan fingerprint density at radius 2 is 1.81 bits per heavy atom. The fraction of sp³-hybridized carbons (Fsp3) is 0.778. The predicted molar refractivity (Wildman–Crippen MR) is 62.1 cm³/mol. The van der Waals surface area contributed by atoms with Crippen molar-refractivity contribution in [1.82, 2.24) is 14.8 Å². The second-order valence-electron chi connectivity index (χ2n) is 3.54. The standard InChI is InChI=1S/C9H16ClN3O2S/c1-4-7(5-2)8-11-12-9(13(8)6-3)16(10,14)15/h7H,4-6H2,1-3H3. The maximum atomic E-state index is 11.3. The van der Waals surface area contributed by atoms with E-state index in [0.717, 1.165) is 12.8 Å². The minimum atomic E-state index is -3.81. The Bertz CT molecular complexity index is 451. The Morgan fingerprint density at radius 1 is 1.25 bits per heavy atom. The summed E-state index contributed by atoms with van der Waals surface area (Å²) < 4.78 is 24.1. The Kier molecular flexibility index (Phi) is 4.32. The minimum Gasteiger partial charge on any atom is -0.301 e. The van der Waals surface area contributed by atoms with Crippen LogP contribution in [0.2, 0.25) is 0 Å². The Labute approximate surface area is 100 Å². The molecule has 0 aliphatic carbocycles. The maximum Gasteiger partial charge on any atom is 0.296 e. The summed E-state index contributed by atoms with van der Waals surface area (Å²) in [7, 11) is 1.48. The van der Waals surface area contributed by atoms with Crippen molar-refractivity contribution in [2.75, 3.05) is 0 Å². The van der Waals surface area contributed by atoms with Crippen molar-refractivity contribution in [3.63, 3.8) is 0 Å². The van der Waals surface area contributed by atoms with Gasteiger partial charge in [0.1, 0.15) is 5.82 Å². The van der Waals surface area contributed by atoms with Crippen molar-refractivity contribution in [3.8, 4) is 0 Å². The van der Waals surface area contributed by atoms with Gasteiger partial charge in [-0.25, -0.2) is 8.42 Å². The quantitative estimate of drug-likeness (QED) is 0.765. The van der Waals surface area contributed by atoms with Crippen molar-refractivity contribution in [2.45, 2.75) is 51.2 Å². The van der Waals surface area contributed by atoms with E-state index < -0.39 is 9.05 Å². The minimum absolute atomic E-state index is 0.154. The van der Waals surface area contributed by atoms with Crippen LogP contribution in [0.15, 0.2) is 5.16 Å². The molecular formula is C9H16ClN3O2S. The first-order valence-electron chi connectivity index (χ1n) is 5.33. The number of halogens is 1. The molecule has 0 spiro atoms. The number of aromatic nitrogens is 3. The van der Waals surface area contributed by atoms with Crippen LogP contribution < -0.4 is 0 Å². The molecule has 0 aromatic carbocycles. The lowest BCUT2D eigenvalue weighted by Crippen LogP contribution is -2.11. The molecule has 0 aliphatic rings. The highest BCUT2D eigenvalue weighted by molar-refractivity contribution is 8.13. The zero-order chi connectivity index (χ0) is 12.3. The summed E-state index contributed by atoms with van der Waals surface area (Å²) in [6.45, 7) is 6.43. The molecule has 5 nitrogen and oxygen atoms in total. The van der Waals surface area contributed by atoms with E-state index in [1.807, 2.05) is 20.8 Å². The van der Waals surface area contributed by atoms with E-state index in [0.29, 0.717) is 12.4 Å². The van der Waals surface area contributed by atoms with E-state index in [1.165, 1.54) is 0 Å². The number of hydrogen-bond donors (Lipinski definition) is 0. The highest BCUT2D eigenvalue weighted by Gasteiger charge is 2.24. The molecule has 16 heavy (non-hydrogen) atoms. The average Bonchev–Trinajstić information content (AvgIpc) is 2.63. The lowest BCUT2D eigenvalue weighted by molar-refractivity contribution is 0.531. The second-order valence-corrected chi connectivity index (χ2v) is 6.00. The van der Waals surface area contributed by atoms with Gasteiger partial charge in [-0.15, -0.1) is 10.2 Å². The summed E-state index contributed by atoms with van der Waals surface area (Å²) in [6, 6.07) is 0. The van der Waals surface area contributed by atoms with E-state index in [-0.39, 0.29) is 11.1 Å². The molecule has 0 unspecified atom stereocenters. The zero-order valence-electron chi connectivity index (χ0n) is 9.64. The SMILES string of the molecule is CCC(CC)c1nnc(S(=O)(=O)Cl)n1CC. The molecule has 0 saturated carbocycles. The summed E-state index contributed by atoms with van der Waals surface area (Å²) in [4.78, 5) is 0. The number of nitrogens with zero attached hydrogens (tertiary/aromatic N) is 3. The molecule has 0 atom stereocenters. The van der Waals surface area contributed by atoms with Crippen LogP contribution in [0.3, 0.4) is 0 Å². The Hall–Kier alpha value is -0.620.